The van der Waals surface area contributed by atoms with E-state index < -0.39 is 10.0 Å². The van der Waals surface area contributed by atoms with Gasteiger partial charge < -0.3 is 9.47 Å². The van der Waals surface area contributed by atoms with Crippen molar-refractivity contribution in [1.29, 1.82) is 0 Å². The molecule has 0 aliphatic rings. The lowest BCUT2D eigenvalue weighted by Gasteiger charge is -2.11. The summed E-state index contributed by atoms with van der Waals surface area (Å²) in [5.41, 5.74) is 1.14. The number of anilines is 1. The average Bonchev–Trinajstić information content (AvgIpc) is 3.30. The van der Waals surface area contributed by atoms with Crippen LogP contribution < -0.4 is 14.2 Å². The van der Waals surface area contributed by atoms with Gasteiger partial charge in [0.05, 0.1) is 12.0 Å². The fraction of sp³-hybridized carbons (Fsp3) is 0.0952. The van der Waals surface area contributed by atoms with Gasteiger partial charge in [0, 0.05) is 24.1 Å². The molecule has 4 aromatic rings. The van der Waals surface area contributed by atoms with Crippen LogP contribution in [0.5, 0.6) is 17.4 Å². The second kappa shape index (κ2) is 8.44. The minimum Gasteiger partial charge on any atom is -0.496 e. The highest BCUT2D eigenvalue weighted by atomic mass is 32.2. The Kier molecular flexibility index (Phi) is 5.54. The van der Waals surface area contributed by atoms with Gasteiger partial charge >= 0.3 is 0 Å². The van der Waals surface area contributed by atoms with Gasteiger partial charge in [0.15, 0.2) is 5.82 Å². The topological polar surface area (TPSA) is 108 Å². The van der Waals surface area contributed by atoms with E-state index in [2.05, 4.69) is 19.9 Å². The Hall–Kier alpha value is -3.92. The molecule has 31 heavy (non-hydrogen) atoms. The lowest BCUT2D eigenvalue weighted by Crippen LogP contribution is -2.13. The van der Waals surface area contributed by atoms with Crippen molar-refractivity contribution in [3.63, 3.8) is 0 Å². The number of sulfonamides is 1. The monoisotopic (exact) mass is 437 g/mol. The van der Waals surface area contributed by atoms with E-state index in [4.69, 9.17) is 9.47 Å². The molecule has 0 bridgehead atoms. The molecule has 158 valence electrons. The van der Waals surface area contributed by atoms with E-state index in [1.54, 1.807) is 78.7 Å². The van der Waals surface area contributed by atoms with Crippen LogP contribution in [0.1, 0.15) is 5.56 Å². The number of hydrogen-bond acceptors (Lipinski definition) is 7. The molecule has 0 aliphatic heterocycles. The number of nitrogens with zero attached hydrogens (tertiary/aromatic N) is 4. The zero-order valence-corrected chi connectivity index (χ0v) is 17.6. The molecule has 0 amide bonds. The highest BCUT2D eigenvalue weighted by Gasteiger charge is 2.16. The van der Waals surface area contributed by atoms with Gasteiger partial charge in [-0.15, -0.1) is 10.2 Å². The highest BCUT2D eigenvalue weighted by Crippen LogP contribution is 2.25. The summed E-state index contributed by atoms with van der Waals surface area (Å²) in [6, 6.07) is 14.6. The molecule has 10 heteroatoms. The minimum atomic E-state index is -3.74. The zero-order chi connectivity index (χ0) is 21.8. The zero-order valence-electron chi connectivity index (χ0n) is 16.8. The standard InChI is InChI=1S/C21H19N5O4S/c1-15-13-18(7-8-19(15)29-2)31(27,28)25-16-3-5-17(6-4-16)30-21-10-9-20(23-24-21)26-12-11-22-14-26/h3-14,25H,1-2H3. The quantitative estimate of drug-likeness (QED) is 0.471. The molecular weight excluding hydrogens is 418 g/mol. The van der Waals surface area contributed by atoms with Crippen LogP contribution >= 0.6 is 0 Å². The van der Waals surface area contributed by atoms with Crippen molar-refractivity contribution < 1.29 is 17.9 Å². The number of imidazole rings is 1. The number of aryl methyl sites for hydroxylation is 1. The Bertz CT molecular complexity index is 1270. The first-order valence-electron chi connectivity index (χ1n) is 9.22. The van der Waals surface area contributed by atoms with Gasteiger partial charge in [0.1, 0.15) is 17.8 Å². The number of benzene rings is 2. The SMILES string of the molecule is COc1ccc(S(=O)(=O)Nc2ccc(Oc3ccc(-n4ccnc4)nn3)cc2)cc1C. The summed E-state index contributed by atoms with van der Waals surface area (Å²) in [7, 11) is -2.20. The van der Waals surface area contributed by atoms with Gasteiger partial charge in [-0.2, -0.15) is 0 Å². The van der Waals surface area contributed by atoms with Gasteiger partial charge in [0.2, 0.25) is 5.88 Å². The summed E-state index contributed by atoms with van der Waals surface area (Å²) in [5, 5.41) is 8.11. The van der Waals surface area contributed by atoms with Crippen LogP contribution in [-0.4, -0.2) is 35.3 Å². The van der Waals surface area contributed by atoms with Crippen molar-refractivity contribution in [2.45, 2.75) is 11.8 Å². The number of methoxy groups -OCH3 is 1. The highest BCUT2D eigenvalue weighted by molar-refractivity contribution is 7.92. The first kappa shape index (κ1) is 20.4. The maximum Gasteiger partial charge on any atom is 0.261 e. The van der Waals surface area contributed by atoms with Gasteiger partial charge in [-0.25, -0.2) is 13.4 Å². The summed E-state index contributed by atoms with van der Waals surface area (Å²) in [4.78, 5) is 4.12. The molecule has 0 saturated carbocycles. The third-order valence-corrected chi connectivity index (χ3v) is 5.78. The van der Waals surface area contributed by atoms with Crippen molar-refractivity contribution in [1.82, 2.24) is 19.7 Å². The molecule has 0 aliphatic carbocycles. The molecule has 0 atom stereocenters. The number of rotatable bonds is 7. The molecule has 2 aromatic heterocycles. The van der Waals surface area contributed by atoms with Gasteiger partial charge in [-0.3, -0.25) is 9.29 Å². The van der Waals surface area contributed by atoms with Crippen molar-refractivity contribution in [3.8, 4) is 23.2 Å². The molecule has 0 spiro atoms. The maximum atomic E-state index is 12.7. The van der Waals surface area contributed by atoms with Crippen LogP contribution in [0.2, 0.25) is 0 Å². The smallest absolute Gasteiger partial charge is 0.261 e. The largest absolute Gasteiger partial charge is 0.496 e. The maximum absolute atomic E-state index is 12.7. The van der Waals surface area contributed by atoms with E-state index in [0.29, 0.717) is 28.9 Å². The van der Waals surface area contributed by atoms with E-state index in [9.17, 15) is 8.42 Å². The molecule has 0 radical (unpaired) electrons. The second-order valence-electron chi connectivity index (χ2n) is 6.56. The number of nitrogens with one attached hydrogen (secondary N) is 1. The van der Waals surface area contributed by atoms with Gasteiger partial charge in [-0.1, -0.05) is 0 Å². The molecule has 0 unspecified atom stereocenters. The summed E-state index contributed by atoms with van der Waals surface area (Å²) in [5.74, 6) is 2.05. The Morgan fingerprint density at radius 2 is 1.81 bits per heavy atom. The first-order chi connectivity index (χ1) is 14.9. The predicted molar refractivity (Wildman–Crippen MR) is 114 cm³/mol. The fourth-order valence-electron chi connectivity index (χ4n) is 2.84. The van der Waals surface area contributed by atoms with Gasteiger partial charge in [0.25, 0.3) is 10.0 Å². The Morgan fingerprint density at radius 3 is 2.42 bits per heavy atom. The predicted octanol–water partition coefficient (Wildman–Crippen LogP) is 3.57. The molecule has 0 fully saturated rings. The lowest BCUT2D eigenvalue weighted by atomic mass is 10.2. The van der Waals surface area contributed by atoms with Crippen LogP contribution in [0.25, 0.3) is 5.82 Å². The summed E-state index contributed by atoms with van der Waals surface area (Å²) < 4.78 is 40.4. The Balaban J connectivity index is 1.44. The van der Waals surface area contributed by atoms with E-state index in [-0.39, 0.29) is 4.90 Å². The van der Waals surface area contributed by atoms with E-state index in [1.807, 2.05) is 0 Å². The molecule has 1 N–H and O–H groups in total. The average molecular weight is 437 g/mol. The molecule has 0 saturated heterocycles. The van der Waals surface area contributed by atoms with Crippen LogP contribution in [0.15, 0.2) is 78.2 Å². The normalized spacial score (nSPS) is 11.2. The van der Waals surface area contributed by atoms with Gasteiger partial charge in [-0.05, 0) is 61.0 Å². The van der Waals surface area contributed by atoms with Crippen molar-refractivity contribution in [2.24, 2.45) is 0 Å². The number of ether oxygens (including phenoxy) is 2. The summed E-state index contributed by atoms with van der Waals surface area (Å²) in [6.45, 7) is 1.79. The third kappa shape index (κ3) is 4.64. The van der Waals surface area contributed by atoms with E-state index >= 15 is 0 Å². The summed E-state index contributed by atoms with van der Waals surface area (Å²) in [6.07, 6.45) is 5.03. The van der Waals surface area contributed by atoms with Crippen molar-refractivity contribution >= 4 is 15.7 Å². The van der Waals surface area contributed by atoms with Crippen LogP contribution in [-0.2, 0) is 10.0 Å². The minimum absolute atomic E-state index is 0.152. The Labute approximate surface area is 179 Å². The Morgan fingerprint density at radius 1 is 1.00 bits per heavy atom. The van der Waals surface area contributed by atoms with Crippen LogP contribution in [0.4, 0.5) is 5.69 Å². The first-order valence-corrected chi connectivity index (χ1v) is 10.7. The van der Waals surface area contributed by atoms with Crippen LogP contribution in [0, 0.1) is 6.92 Å². The summed E-state index contributed by atoms with van der Waals surface area (Å²) >= 11 is 0. The van der Waals surface area contributed by atoms with Crippen molar-refractivity contribution in [3.05, 3.63) is 78.9 Å². The molecular formula is C21H19N5O4S. The van der Waals surface area contributed by atoms with E-state index in [0.717, 1.165) is 5.56 Å². The number of hydrogen-bond donors (Lipinski definition) is 1. The van der Waals surface area contributed by atoms with E-state index in [1.165, 1.54) is 13.2 Å². The number of aromatic nitrogens is 4. The van der Waals surface area contributed by atoms with Crippen LogP contribution in [0.3, 0.4) is 0 Å². The third-order valence-electron chi connectivity index (χ3n) is 4.40. The molecule has 9 nitrogen and oxygen atoms in total. The second-order valence-corrected chi connectivity index (χ2v) is 8.25. The van der Waals surface area contributed by atoms with Crippen molar-refractivity contribution in [2.75, 3.05) is 11.8 Å². The molecule has 2 heterocycles. The molecule has 4 rings (SSSR count). The molecule has 2 aromatic carbocycles. The lowest BCUT2D eigenvalue weighted by molar-refractivity contribution is 0.411. The fourth-order valence-corrected chi connectivity index (χ4v) is 3.99.